The molecule has 0 fully saturated rings. The molecular weight excluding hydrogens is 416 g/mol. The van der Waals surface area contributed by atoms with Crippen molar-refractivity contribution in [3.63, 3.8) is 0 Å². The van der Waals surface area contributed by atoms with Crippen molar-refractivity contribution in [2.45, 2.75) is 50.7 Å². The lowest BCUT2D eigenvalue weighted by Gasteiger charge is -2.12. The molecule has 6 heteroatoms. The number of pyridine rings is 1. The molecule has 0 saturated heterocycles. The Hall–Kier alpha value is -3.12. The number of rotatable bonds is 8. The summed E-state index contributed by atoms with van der Waals surface area (Å²) in [5.74, 6) is 0.753. The number of fused-ring (bicyclic) bond motifs is 1. The Balaban J connectivity index is 1.52. The SMILES string of the molecule is CCC(C)NC(=O)c1ccc(CSc2nc3ccncc3n2Cc2ccccc2C)cc1. The van der Waals surface area contributed by atoms with E-state index in [1.165, 1.54) is 11.1 Å². The van der Waals surface area contributed by atoms with E-state index in [4.69, 9.17) is 4.98 Å². The van der Waals surface area contributed by atoms with Gasteiger partial charge in [-0.15, -0.1) is 0 Å². The third kappa shape index (κ3) is 5.02. The summed E-state index contributed by atoms with van der Waals surface area (Å²) < 4.78 is 2.24. The number of nitrogens with zero attached hydrogens (tertiary/aromatic N) is 3. The predicted molar refractivity (Wildman–Crippen MR) is 131 cm³/mol. The highest BCUT2D eigenvalue weighted by atomic mass is 32.2. The fourth-order valence-electron chi connectivity index (χ4n) is 3.48. The van der Waals surface area contributed by atoms with Crippen LogP contribution in [0.4, 0.5) is 0 Å². The van der Waals surface area contributed by atoms with E-state index in [0.29, 0.717) is 5.56 Å². The van der Waals surface area contributed by atoms with E-state index in [1.807, 2.05) is 43.5 Å². The summed E-state index contributed by atoms with van der Waals surface area (Å²) in [7, 11) is 0. The first-order valence-corrected chi connectivity index (χ1v) is 11.9. The summed E-state index contributed by atoms with van der Waals surface area (Å²) in [6.07, 6.45) is 4.58. The number of nitrogens with one attached hydrogen (secondary N) is 1. The van der Waals surface area contributed by atoms with Crippen molar-refractivity contribution in [1.82, 2.24) is 19.9 Å². The van der Waals surface area contributed by atoms with Gasteiger partial charge in [-0.1, -0.05) is 55.1 Å². The molecule has 1 N–H and O–H groups in total. The van der Waals surface area contributed by atoms with Crippen molar-refractivity contribution in [2.24, 2.45) is 0 Å². The van der Waals surface area contributed by atoms with Crippen molar-refractivity contribution in [3.05, 3.63) is 89.2 Å². The van der Waals surface area contributed by atoms with E-state index in [1.54, 1.807) is 18.0 Å². The normalized spacial score (nSPS) is 12.1. The zero-order valence-corrected chi connectivity index (χ0v) is 19.5. The van der Waals surface area contributed by atoms with Gasteiger partial charge in [-0.3, -0.25) is 9.78 Å². The summed E-state index contributed by atoms with van der Waals surface area (Å²) >= 11 is 1.70. The molecule has 2 aromatic heterocycles. The summed E-state index contributed by atoms with van der Waals surface area (Å²) in [4.78, 5) is 21.5. The molecule has 32 heavy (non-hydrogen) atoms. The highest BCUT2D eigenvalue weighted by Gasteiger charge is 2.14. The van der Waals surface area contributed by atoms with E-state index >= 15 is 0 Å². The summed E-state index contributed by atoms with van der Waals surface area (Å²) in [5, 5.41) is 3.98. The van der Waals surface area contributed by atoms with Gasteiger partial charge in [-0.25, -0.2) is 4.98 Å². The van der Waals surface area contributed by atoms with Crippen LogP contribution in [-0.2, 0) is 12.3 Å². The van der Waals surface area contributed by atoms with E-state index in [2.05, 4.69) is 53.0 Å². The standard InChI is InChI=1S/C26H28N4OS/c1-4-19(3)28-25(31)21-11-9-20(10-12-21)17-32-26-29-23-13-14-27-15-24(23)30(26)16-22-8-6-5-7-18(22)2/h5-15,19H,4,16-17H2,1-3H3,(H,28,31). The smallest absolute Gasteiger partial charge is 0.251 e. The van der Waals surface area contributed by atoms with E-state index in [-0.39, 0.29) is 11.9 Å². The van der Waals surface area contributed by atoms with Crippen LogP contribution in [0.2, 0.25) is 0 Å². The molecule has 0 aliphatic heterocycles. The van der Waals surface area contributed by atoms with E-state index in [0.717, 1.165) is 40.5 Å². The lowest BCUT2D eigenvalue weighted by atomic mass is 10.1. The zero-order chi connectivity index (χ0) is 22.5. The van der Waals surface area contributed by atoms with Gasteiger partial charge in [0.25, 0.3) is 5.91 Å². The summed E-state index contributed by atoms with van der Waals surface area (Å²) in [6, 6.07) is 18.4. The maximum atomic E-state index is 12.3. The Morgan fingerprint density at radius 2 is 1.91 bits per heavy atom. The van der Waals surface area contributed by atoms with Crippen molar-refractivity contribution in [2.75, 3.05) is 0 Å². The average Bonchev–Trinajstić information content (AvgIpc) is 3.16. The number of carbonyl (C=O) groups is 1. The van der Waals surface area contributed by atoms with Gasteiger partial charge in [-0.2, -0.15) is 0 Å². The number of hydrogen-bond acceptors (Lipinski definition) is 4. The lowest BCUT2D eigenvalue weighted by molar-refractivity contribution is 0.0939. The number of hydrogen-bond donors (Lipinski definition) is 1. The molecule has 0 saturated carbocycles. The molecule has 0 spiro atoms. The van der Waals surface area contributed by atoms with Crippen LogP contribution in [0.1, 0.15) is 47.3 Å². The number of thioether (sulfide) groups is 1. The maximum absolute atomic E-state index is 12.3. The van der Waals surface area contributed by atoms with Crippen LogP contribution in [0.15, 0.2) is 72.1 Å². The van der Waals surface area contributed by atoms with Crippen LogP contribution in [-0.4, -0.2) is 26.5 Å². The third-order valence-electron chi connectivity index (χ3n) is 5.68. The van der Waals surface area contributed by atoms with Crippen LogP contribution in [0, 0.1) is 6.92 Å². The van der Waals surface area contributed by atoms with Crippen LogP contribution in [0.25, 0.3) is 11.0 Å². The van der Waals surface area contributed by atoms with Crippen LogP contribution in [0.5, 0.6) is 0 Å². The first-order chi connectivity index (χ1) is 15.5. The first-order valence-electron chi connectivity index (χ1n) is 10.9. The molecule has 0 radical (unpaired) electrons. The lowest BCUT2D eigenvalue weighted by Crippen LogP contribution is -2.31. The monoisotopic (exact) mass is 444 g/mol. The summed E-state index contributed by atoms with van der Waals surface area (Å²) in [5.41, 5.74) is 6.37. The van der Waals surface area contributed by atoms with Gasteiger partial charge in [0, 0.05) is 23.6 Å². The van der Waals surface area contributed by atoms with E-state index in [9.17, 15) is 4.79 Å². The fourth-order valence-corrected chi connectivity index (χ4v) is 4.45. The molecule has 5 nitrogen and oxygen atoms in total. The van der Waals surface area contributed by atoms with E-state index < -0.39 is 0 Å². The Morgan fingerprint density at radius 1 is 1.12 bits per heavy atom. The van der Waals surface area contributed by atoms with Gasteiger partial charge in [0.05, 0.1) is 23.8 Å². The number of benzene rings is 2. The van der Waals surface area contributed by atoms with Gasteiger partial charge in [-0.05, 0) is 55.2 Å². The maximum Gasteiger partial charge on any atom is 0.251 e. The van der Waals surface area contributed by atoms with Crippen molar-refractivity contribution in [1.29, 1.82) is 0 Å². The molecule has 4 rings (SSSR count). The minimum absolute atomic E-state index is 0.0222. The topological polar surface area (TPSA) is 59.8 Å². The number of amides is 1. The molecule has 2 heterocycles. The minimum Gasteiger partial charge on any atom is -0.350 e. The second-order valence-corrected chi connectivity index (χ2v) is 8.98. The largest absolute Gasteiger partial charge is 0.350 e. The van der Waals surface area contributed by atoms with Crippen molar-refractivity contribution >= 4 is 28.7 Å². The van der Waals surface area contributed by atoms with Crippen LogP contribution < -0.4 is 5.32 Å². The molecule has 2 aromatic carbocycles. The van der Waals surface area contributed by atoms with Gasteiger partial charge in [0.1, 0.15) is 0 Å². The molecule has 1 amide bonds. The van der Waals surface area contributed by atoms with Gasteiger partial charge in [0.2, 0.25) is 0 Å². The minimum atomic E-state index is -0.0222. The molecule has 0 aliphatic carbocycles. The Kier molecular flexibility index (Phi) is 6.90. The Labute approximate surface area is 193 Å². The first kappa shape index (κ1) is 22.1. The molecule has 4 aromatic rings. The third-order valence-corrected chi connectivity index (χ3v) is 6.73. The molecule has 0 bridgehead atoms. The van der Waals surface area contributed by atoms with Gasteiger partial charge in [0.15, 0.2) is 5.16 Å². The number of aryl methyl sites for hydroxylation is 1. The number of imidazole rings is 1. The quantitative estimate of drug-likeness (QED) is 0.359. The van der Waals surface area contributed by atoms with Crippen molar-refractivity contribution < 1.29 is 4.79 Å². The number of aromatic nitrogens is 3. The average molecular weight is 445 g/mol. The van der Waals surface area contributed by atoms with Crippen LogP contribution in [0.3, 0.4) is 0 Å². The Morgan fingerprint density at radius 3 is 2.66 bits per heavy atom. The molecule has 0 aliphatic rings. The predicted octanol–water partition coefficient (Wildman–Crippen LogP) is 5.61. The zero-order valence-electron chi connectivity index (χ0n) is 18.7. The highest BCUT2D eigenvalue weighted by molar-refractivity contribution is 7.98. The second-order valence-electron chi connectivity index (χ2n) is 8.04. The second kappa shape index (κ2) is 10.0. The number of carbonyl (C=O) groups excluding carboxylic acids is 1. The fraction of sp³-hybridized carbons (Fsp3) is 0.269. The van der Waals surface area contributed by atoms with Crippen LogP contribution >= 0.6 is 11.8 Å². The Bertz CT molecular complexity index is 1220. The molecule has 1 atom stereocenters. The summed E-state index contributed by atoms with van der Waals surface area (Å²) in [6.45, 7) is 6.97. The van der Waals surface area contributed by atoms with Crippen molar-refractivity contribution in [3.8, 4) is 0 Å². The van der Waals surface area contributed by atoms with Gasteiger partial charge >= 0.3 is 0 Å². The molecular formula is C26H28N4OS. The molecule has 1 unspecified atom stereocenters. The van der Waals surface area contributed by atoms with Gasteiger partial charge < -0.3 is 9.88 Å². The highest BCUT2D eigenvalue weighted by Crippen LogP contribution is 2.28. The molecule has 164 valence electrons.